The summed E-state index contributed by atoms with van der Waals surface area (Å²) in [6, 6.07) is 6.49. The van der Waals surface area contributed by atoms with Gasteiger partial charge in [-0.05, 0) is 49.0 Å². The van der Waals surface area contributed by atoms with E-state index in [9.17, 15) is 20.2 Å². The molecule has 1 aliphatic heterocycles. The Morgan fingerprint density at radius 2 is 2.15 bits per heavy atom. The van der Waals surface area contributed by atoms with E-state index >= 15 is 0 Å². The standard InChI is InChI=1S/C22H23N5O4S2/c1-13-2-4-15-17(12-23)21(33-19(15)10-13)25-22(32)24-20(28)16-11-14(27(29)30)3-5-18(16)26-6-8-31-9-7-26/h3,5,11,13H,2,4,6-10H2,1H3,(H2,24,25,28,32)/t13-/m0/s1. The molecule has 11 heteroatoms. The number of nitro benzene ring substituents is 1. The van der Waals surface area contributed by atoms with Gasteiger partial charge in [-0.2, -0.15) is 5.26 Å². The van der Waals surface area contributed by atoms with Gasteiger partial charge in [-0.25, -0.2) is 0 Å². The van der Waals surface area contributed by atoms with E-state index in [0.717, 1.165) is 24.8 Å². The number of morpholine rings is 1. The normalized spacial score (nSPS) is 17.6. The Hall–Kier alpha value is -3.07. The number of carbonyl (C=O) groups is 1. The zero-order valence-corrected chi connectivity index (χ0v) is 19.7. The number of nitrogens with zero attached hydrogens (tertiary/aromatic N) is 3. The van der Waals surface area contributed by atoms with E-state index in [1.807, 2.05) is 4.90 Å². The lowest BCUT2D eigenvalue weighted by atomic mass is 9.89. The van der Waals surface area contributed by atoms with Gasteiger partial charge in [0.2, 0.25) is 0 Å². The second-order valence-corrected chi connectivity index (χ2v) is 9.65. The van der Waals surface area contributed by atoms with Gasteiger partial charge in [0, 0.05) is 30.1 Å². The smallest absolute Gasteiger partial charge is 0.270 e. The van der Waals surface area contributed by atoms with Crippen molar-refractivity contribution in [2.24, 2.45) is 5.92 Å². The van der Waals surface area contributed by atoms with Crippen LogP contribution in [0.1, 0.15) is 39.7 Å². The van der Waals surface area contributed by atoms with Crippen molar-refractivity contribution in [3.05, 3.63) is 49.9 Å². The highest BCUT2D eigenvalue weighted by Crippen LogP contribution is 2.39. The summed E-state index contributed by atoms with van der Waals surface area (Å²) in [5.41, 5.74) is 2.20. The monoisotopic (exact) mass is 485 g/mol. The zero-order chi connectivity index (χ0) is 23.5. The number of amides is 1. The molecule has 4 rings (SSSR count). The first-order chi connectivity index (χ1) is 15.9. The maximum absolute atomic E-state index is 13.1. The van der Waals surface area contributed by atoms with E-state index in [2.05, 4.69) is 23.6 Å². The maximum Gasteiger partial charge on any atom is 0.270 e. The van der Waals surface area contributed by atoms with Crippen molar-refractivity contribution < 1.29 is 14.5 Å². The van der Waals surface area contributed by atoms with Gasteiger partial charge in [-0.3, -0.25) is 20.2 Å². The highest BCUT2D eigenvalue weighted by molar-refractivity contribution is 7.80. The zero-order valence-electron chi connectivity index (χ0n) is 18.1. The summed E-state index contributed by atoms with van der Waals surface area (Å²) in [6.07, 6.45) is 2.81. The number of thiophene rings is 1. The number of nitriles is 1. The summed E-state index contributed by atoms with van der Waals surface area (Å²) in [6.45, 7) is 4.36. The molecule has 2 aliphatic rings. The number of non-ortho nitro benzene ring substituents is 1. The molecule has 1 fully saturated rings. The molecule has 2 N–H and O–H groups in total. The summed E-state index contributed by atoms with van der Waals surface area (Å²) in [4.78, 5) is 27.0. The molecule has 1 amide bonds. The van der Waals surface area contributed by atoms with Crippen molar-refractivity contribution in [1.29, 1.82) is 5.26 Å². The minimum Gasteiger partial charge on any atom is -0.378 e. The number of benzene rings is 1. The summed E-state index contributed by atoms with van der Waals surface area (Å²) in [5, 5.41) is 27.3. The molecule has 0 radical (unpaired) electrons. The van der Waals surface area contributed by atoms with Crippen molar-refractivity contribution in [2.45, 2.75) is 26.2 Å². The SMILES string of the molecule is C[C@H]1CCc2c(sc(NC(=S)NC(=O)c3cc([N+](=O)[O-])ccc3N3CCOCC3)c2C#N)C1. The van der Waals surface area contributed by atoms with Crippen molar-refractivity contribution in [3.8, 4) is 6.07 Å². The Bertz CT molecular complexity index is 1150. The molecule has 1 saturated heterocycles. The van der Waals surface area contributed by atoms with Gasteiger partial charge in [0.15, 0.2) is 5.11 Å². The number of carbonyl (C=O) groups excluding carboxylic acids is 1. The largest absolute Gasteiger partial charge is 0.378 e. The lowest BCUT2D eigenvalue weighted by Crippen LogP contribution is -2.39. The second-order valence-electron chi connectivity index (χ2n) is 8.13. The fourth-order valence-electron chi connectivity index (χ4n) is 4.16. The number of anilines is 2. The number of fused-ring (bicyclic) bond motifs is 1. The Kier molecular flexibility index (Phi) is 6.88. The molecule has 0 bridgehead atoms. The number of thiocarbonyl (C=S) groups is 1. The molecule has 2 heterocycles. The Labute approximate surface area is 200 Å². The number of nitrogens with one attached hydrogen (secondary N) is 2. The van der Waals surface area contributed by atoms with Gasteiger partial charge in [-0.1, -0.05) is 6.92 Å². The molecule has 0 unspecified atom stereocenters. The van der Waals surface area contributed by atoms with Gasteiger partial charge in [0.1, 0.15) is 11.1 Å². The van der Waals surface area contributed by atoms with Crippen LogP contribution in [0.4, 0.5) is 16.4 Å². The maximum atomic E-state index is 13.1. The quantitative estimate of drug-likeness (QED) is 0.383. The average molecular weight is 486 g/mol. The van der Waals surface area contributed by atoms with Gasteiger partial charge >= 0.3 is 0 Å². The van der Waals surface area contributed by atoms with E-state index in [0.29, 0.717) is 48.5 Å². The van der Waals surface area contributed by atoms with Crippen molar-refractivity contribution in [1.82, 2.24) is 5.32 Å². The van der Waals surface area contributed by atoms with Crippen LogP contribution in [0, 0.1) is 27.4 Å². The lowest BCUT2D eigenvalue weighted by molar-refractivity contribution is -0.384. The molecule has 2 aromatic rings. The van der Waals surface area contributed by atoms with E-state index in [-0.39, 0.29) is 16.4 Å². The van der Waals surface area contributed by atoms with E-state index in [4.69, 9.17) is 17.0 Å². The van der Waals surface area contributed by atoms with Crippen molar-refractivity contribution in [2.75, 3.05) is 36.5 Å². The van der Waals surface area contributed by atoms with Crippen LogP contribution in [-0.4, -0.2) is 42.2 Å². The number of ether oxygens (including phenoxy) is 1. The minimum atomic E-state index is -0.550. The van der Waals surface area contributed by atoms with Gasteiger partial charge in [0.25, 0.3) is 11.6 Å². The predicted molar refractivity (Wildman–Crippen MR) is 130 cm³/mol. The summed E-state index contributed by atoms with van der Waals surface area (Å²) in [7, 11) is 0. The van der Waals surface area contributed by atoms with Crippen LogP contribution >= 0.6 is 23.6 Å². The minimum absolute atomic E-state index is 0.0441. The first kappa shape index (κ1) is 23.1. The topological polar surface area (TPSA) is 121 Å². The fraction of sp³-hybridized carbons (Fsp3) is 0.409. The van der Waals surface area contributed by atoms with E-state index in [1.54, 1.807) is 6.07 Å². The highest BCUT2D eigenvalue weighted by atomic mass is 32.1. The molecule has 9 nitrogen and oxygen atoms in total. The summed E-state index contributed by atoms with van der Waals surface area (Å²) in [5.74, 6) is 0.0146. The lowest BCUT2D eigenvalue weighted by Gasteiger charge is -2.30. The van der Waals surface area contributed by atoms with E-state index < -0.39 is 10.8 Å². The van der Waals surface area contributed by atoms with Crippen LogP contribution in [-0.2, 0) is 17.6 Å². The third-order valence-corrected chi connectivity index (χ3v) is 7.24. The third-order valence-electron chi connectivity index (χ3n) is 5.86. The van der Waals surface area contributed by atoms with Crippen LogP contribution < -0.4 is 15.5 Å². The van der Waals surface area contributed by atoms with Crippen LogP contribution in [0.15, 0.2) is 18.2 Å². The van der Waals surface area contributed by atoms with Crippen LogP contribution in [0.25, 0.3) is 0 Å². The fourth-order valence-corrected chi connectivity index (χ4v) is 5.79. The summed E-state index contributed by atoms with van der Waals surface area (Å²) < 4.78 is 5.37. The Balaban J connectivity index is 1.55. The average Bonchev–Trinajstić information content (AvgIpc) is 3.14. The van der Waals surface area contributed by atoms with Crippen molar-refractivity contribution in [3.63, 3.8) is 0 Å². The van der Waals surface area contributed by atoms with Crippen LogP contribution in [0.3, 0.4) is 0 Å². The van der Waals surface area contributed by atoms with Crippen molar-refractivity contribution >= 4 is 51.0 Å². The molecule has 33 heavy (non-hydrogen) atoms. The molecule has 1 aromatic heterocycles. The number of rotatable bonds is 4. The molecule has 1 aliphatic carbocycles. The first-order valence-electron chi connectivity index (χ1n) is 10.7. The molecule has 0 saturated carbocycles. The second kappa shape index (κ2) is 9.82. The molecule has 1 aromatic carbocycles. The third kappa shape index (κ3) is 4.98. The Morgan fingerprint density at radius 3 is 2.85 bits per heavy atom. The number of nitro groups is 1. The number of hydrogen-bond donors (Lipinski definition) is 2. The predicted octanol–water partition coefficient (Wildman–Crippen LogP) is 3.62. The van der Waals surface area contributed by atoms with Gasteiger partial charge < -0.3 is 15.0 Å². The first-order valence-corrected chi connectivity index (χ1v) is 11.9. The number of hydrogen-bond acceptors (Lipinski definition) is 8. The Morgan fingerprint density at radius 1 is 1.39 bits per heavy atom. The summed E-state index contributed by atoms with van der Waals surface area (Å²) >= 11 is 6.84. The molecule has 0 spiro atoms. The van der Waals surface area contributed by atoms with Crippen LogP contribution in [0.5, 0.6) is 0 Å². The van der Waals surface area contributed by atoms with Crippen LogP contribution in [0.2, 0.25) is 0 Å². The molecule has 1 atom stereocenters. The van der Waals surface area contributed by atoms with E-state index in [1.165, 1.54) is 28.3 Å². The molecular weight excluding hydrogens is 462 g/mol. The molecule has 172 valence electrons. The van der Waals surface area contributed by atoms with Gasteiger partial charge in [0.05, 0.1) is 35.0 Å². The van der Waals surface area contributed by atoms with Gasteiger partial charge in [-0.15, -0.1) is 11.3 Å². The highest BCUT2D eigenvalue weighted by Gasteiger charge is 2.26. The molecular formula is C22H23N5O4S2.